The molecular formula is C19H35N5O3. The number of hydrazine groups is 1. The summed E-state index contributed by atoms with van der Waals surface area (Å²) in [6.07, 6.45) is 5.67. The molecule has 0 aromatic heterocycles. The van der Waals surface area contributed by atoms with Gasteiger partial charge in [0.25, 0.3) is 0 Å². The van der Waals surface area contributed by atoms with E-state index in [0.29, 0.717) is 12.5 Å². The van der Waals surface area contributed by atoms with Gasteiger partial charge < -0.3 is 15.4 Å². The van der Waals surface area contributed by atoms with E-state index in [1.165, 1.54) is 0 Å². The van der Waals surface area contributed by atoms with E-state index in [4.69, 9.17) is 4.74 Å². The standard InChI is InChI=1S/C19H35N5O3/c1-13(2)11-27-19(26)14-5-3-4-6-15(14)21-18(25)16-7-8-17(23-22-16)24-10-9-20-12-24/h13-17,20,22-23H,3-12H2,1-2H3,(H,21,25). The number of carbonyl (C=O) groups excluding carboxylic acids is 2. The molecule has 3 aliphatic rings. The first-order chi connectivity index (χ1) is 13.0. The average molecular weight is 382 g/mol. The van der Waals surface area contributed by atoms with Crippen LogP contribution in [0.25, 0.3) is 0 Å². The van der Waals surface area contributed by atoms with Crippen molar-refractivity contribution in [3.8, 4) is 0 Å². The summed E-state index contributed by atoms with van der Waals surface area (Å²) in [4.78, 5) is 27.5. The van der Waals surface area contributed by atoms with Gasteiger partial charge in [0.05, 0.1) is 18.7 Å². The van der Waals surface area contributed by atoms with Gasteiger partial charge in [-0.05, 0) is 31.6 Å². The fourth-order valence-electron chi connectivity index (χ4n) is 4.15. The minimum absolute atomic E-state index is 0.0194. The average Bonchev–Trinajstić information content (AvgIpc) is 3.21. The highest BCUT2D eigenvalue weighted by Crippen LogP contribution is 2.26. The molecule has 0 spiro atoms. The Kier molecular flexibility index (Phi) is 7.46. The van der Waals surface area contributed by atoms with Crippen LogP contribution in [0, 0.1) is 11.8 Å². The smallest absolute Gasteiger partial charge is 0.311 e. The highest BCUT2D eigenvalue weighted by molar-refractivity contribution is 5.83. The van der Waals surface area contributed by atoms with Gasteiger partial charge in [0.15, 0.2) is 0 Å². The molecule has 27 heavy (non-hydrogen) atoms. The van der Waals surface area contributed by atoms with Crippen molar-refractivity contribution in [2.24, 2.45) is 11.8 Å². The molecule has 0 aromatic carbocycles. The molecule has 4 N–H and O–H groups in total. The fourth-order valence-corrected chi connectivity index (χ4v) is 4.15. The summed E-state index contributed by atoms with van der Waals surface area (Å²) >= 11 is 0. The number of ether oxygens (including phenoxy) is 1. The SMILES string of the molecule is CC(C)COC(=O)C1CCCCC1NC(=O)C1CCC(N2CCNC2)NN1. The van der Waals surface area contributed by atoms with Crippen LogP contribution in [0.4, 0.5) is 0 Å². The first-order valence-corrected chi connectivity index (χ1v) is 10.5. The second kappa shape index (κ2) is 9.82. The van der Waals surface area contributed by atoms with Crippen molar-refractivity contribution >= 4 is 11.9 Å². The van der Waals surface area contributed by atoms with Crippen LogP contribution in [0.5, 0.6) is 0 Å². The maximum atomic E-state index is 12.7. The molecule has 1 amide bonds. The van der Waals surface area contributed by atoms with Crippen LogP contribution in [-0.2, 0) is 14.3 Å². The van der Waals surface area contributed by atoms with Gasteiger partial charge in [0.1, 0.15) is 6.04 Å². The summed E-state index contributed by atoms with van der Waals surface area (Å²) in [7, 11) is 0. The van der Waals surface area contributed by atoms with Gasteiger partial charge in [-0.2, -0.15) is 0 Å². The summed E-state index contributed by atoms with van der Waals surface area (Å²) in [6, 6.07) is -0.376. The minimum atomic E-state index is -0.258. The zero-order valence-corrected chi connectivity index (χ0v) is 16.6. The Labute approximate surface area is 162 Å². The van der Waals surface area contributed by atoms with Gasteiger partial charge in [0, 0.05) is 25.8 Å². The van der Waals surface area contributed by atoms with E-state index in [-0.39, 0.29) is 36.0 Å². The fraction of sp³-hybridized carbons (Fsp3) is 0.895. The summed E-state index contributed by atoms with van der Waals surface area (Å²) < 4.78 is 5.44. The van der Waals surface area contributed by atoms with Crippen molar-refractivity contribution in [3.63, 3.8) is 0 Å². The van der Waals surface area contributed by atoms with Crippen LogP contribution in [0.2, 0.25) is 0 Å². The zero-order valence-electron chi connectivity index (χ0n) is 16.6. The lowest BCUT2D eigenvalue weighted by Crippen LogP contribution is -2.62. The zero-order chi connectivity index (χ0) is 19.2. The van der Waals surface area contributed by atoms with Crippen LogP contribution in [0.1, 0.15) is 52.4 Å². The van der Waals surface area contributed by atoms with Crippen LogP contribution in [-0.4, -0.2) is 61.4 Å². The molecule has 3 fully saturated rings. The lowest BCUT2D eigenvalue weighted by Gasteiger charge is -2.37. The van der Waals surface area contributed by atoms with Crippen molar-refractivity contribution in [2.45, 2.75) is 70.6 Å². The molecular weight excluding hydrogens is 346 g/mol. The molecule has 1 aliphatic carbocycles. The second-order valence-corrected chi connectivity index (χ2v) is 8.43. The number of hydrogen-bond acceptors (Lipinski definition) is 7. The number of carbonyl (C=O) groups is 2. The van der Waals surface area contributed by atoms with Crippen LogP contribution < -0.4 is 21.5 Å². The number of esters is 1. The van der Waals surface area contributed by atoms with Crippen molar-refractivity contribution in [1.82, 2.24) is 26.4 Å². The Bertz CT molecular complexity index is 502. The van der Waals surface area contributed by atoms with Gasteiger partial charge >= 0.3 is 5.97 Å². The number of rotatable bonds is 6. The summed E-state index contributed by atoms with van der Waals surface area (Å²) in [6.45, 7) is 7.42. The lowest BCUT2D eigenvalue weighted by atomic mass is 9.84. The molecule has 3 rings (SSSR count). The Morgan fingerprint density at radius 1 is 1.15 bits per heavy atom. The summed E-state index contributed by atoms with van der Waals surface area (Å²) in [5, 5.41) is 6.45. The van der Waals surface area contributed by atoms with Gasteiger partial charge in [-0.25, -0.2) is 10.9 Å². The normalized spacial score (nSPS) is 32.4. The Morgan fingerprint density at radius 2 is 1.96 bits per heavy atom. The molecule has 0 bridgehead atoms. The number of nitrogens with one attached hydrogen (secondary N) is 4. The molecule has 2 aliphatic heterocycles. The minimum Gasteiger partial charge on any atom is -0.465 e. The molecule has 0 radical (unpaired) electrons. The van der Waals surface area contributed by atoms with Crippen LogP contribution >= 0.6 is 0 Å². The van der Waals surface area contributed by atoms with Gasteiger partial charge in [-0.1, -0.05) is 26.7 Å². The third kappa shape index (κ3) is 5.63. The van der Waals surface area contributed by atoms with Gasteiger partial charge in [-0.3, -0.25) is 14.5 Å². The topological polar surface area (TPSA) is 94.7 Å². The quantitative estimate of drug-likeness (QED) is 0.492. The highest BCUT2D eigenvalue weighted by Gasteiger charge is 2.36. The molecule has 1 saturated carbocycles. The highest BCUT2D eigenvalue weighted by atomic mass is 16.5. The van der Waals surface area contributed by atoms with Crippen LogP contribution in [0.15, 0.2) is 0 Å². The lowest BCUT2D eigenvalue weighted by molar-refractivity contribution is -0.152. The molecule has 0 aromatic rings. The number of nitrogens with zero attached hydrogens (tertiary/aromatic N) is 1. The first kappa shape index (κ1) is 20.5. The molecule has 2 heterocycles. The third-order valence-corrected chi connectivity index (χ3v) is 5.76. The van der Waals surface area contributed by atoms with Crippen molar-refractivity contribution in [3.05, 3.63) is 0 Å². The maximum absolute atomic E-state index is 12.7. The largest absolute Gasteiger partial charge is 0.465 e. The monoisotopic (exact) mass is 381 g/mol. The number of amides is 1. The van der Waals surface area contributed by atoms with E-state index in [1.807, 2.05) is 13.8 Å². The summed E-state index contributed by atoms with van der Waals surface area (Å²) in [5.74, 6) is -0.0812. The molecule has 154 valence electrons. The van der Waals surface area contributed by atoms with Crippen molar-refractivity contribution in [2.75, 3.05) is 26.4 Å². The van der Waals surface area contributed by atoms with E-state index in [1.54, 1.807) is 0 Å². The molecule has 2 saturated heterocycles. The Balaban J connectivity index is 1.47. The van der Waals surface area contributed by atoms with E-state index < -0.39 is 0 Å². The molecule has 4 unspecified atom stereocenters. The third-order valence-electron chi connectivity index (χ3n) is 5.76. The number of hydrogen-bond donors (Lipinski definition) is 4. The maximum Gasteiger partial charge on any atom is 0.311 e. The van der Waals surface area contributed by atoms with E-state index in [2.05, 4.69) is 26.4 Å². The molecule has 8 nitrogen and oxygen atoms in total. The van der Waals surface area contributed by atoms with E-state index >= 15 is 0 Å². The Morgan fingerprint density at radius 3 is 2.63 bits per heavy atom. The molecule has 4 atom stereocenters. The van der Waals surface area contributed by atoms with E-state index in [9.17, 15) is 9.59 Å². The van der Waals surface area contributed by atoms with Crippen LogP contribution in [0.3, 0.4) is 0 Å². The molecule has 8 heteroatoms. The first-order valence-electron chi connectivity index (χ1n) is 10.5. The second-order valence-electron chi connectivity index (χ2n) is 8.43. The predicted molar refractivity (Wildman–Crippen MR) is 102 cm³/mol. The predicted octanol–water partition coefficient (Wildman–Crippen LogP) is 0.306. The van der Waals surface area contributed by atoms with Gasteiger partial charge in [-0.15, -0.1) is 0 Å². The van der Waals surface area contributed by atoms with Crippen molar-refractivity contribution < 1.29 is 14.3 Å². The van der Waals surface area contributed by atoms with Crippen molar-refractivity contribution in [1.29, 1.82) is 0 Å². The van der Waals surface area contributed by atoms with Gasteiger partial charge in [0.2, 0.25) is 5.91 Å². The summed E-state index contributed by atoms with van der Waals surface area (Å²) in [5.41, 5.74) is 6.45. The van der Waals surface area contributed by atoms with E-state index in [0.717, 1.165) is 58.3 Å². The Hall–Kier alpha value is -1.22.